The molecule has 0 aliphatic heterocycles. The molecule has 0 spiro atoms. The molecule has 1 aliphatic carbocycles. The number of carboxylic acids is 1. The van der Waals surface area contributed by atoms with Gasteiger partial charge in [0.1, 0.15) is 0 Å². The molecule has 21 heavy (non-hydrogen) atoms. The molecule has 0 saturated carbocycles. The highest BCUT2D eigenvalue weighted by atomic mass is 32.1. The van der Waals surface area contributed by atoms with Crippen molar-refractivity contribution in [3.63, 3.8) is 0 Å². The second kappa shape index (κ2) is 5.69. The van der Waals surface area contributed by atoms with Crippen molar-refractivity contribution in [1.29, 1.82) is 0 Å². The number of nitrogens with one attached hydrogen (secondary N) is 1. The first-order chi connectivity index (χ1) is 10.1. The van der Waals surface area contributed by atoms with Gasteiger partial charge in [-0.15, -0.1) is 11.3 Å². The molecule has 1 aromatic heterocycles. The van der Waals surface area contributed by atoms with Crippen LogP contribution in [0.4, 0.5) is 5.69 Å². The Morgan fingerprint density at radius 3 is 2.95 bits per heavy atom. The van der Waals surface area contributed by atoms with Gasteiger partial charge in [0.25, 0.3) is 0 Å². The lowest BCUT2D eigenvalue weighted by atomic mass is 9.87. The third-order valence-corrected chi connectivity index (χ3v) is 4.74. The number of benzene rings is 1. The molecule has 1 atom stereocenters. The van der Waals surface area contributed by atoms with Crippen LogP contribution in [0.3, 0.4) is 0 Å². The summed E-state index contributed by atoms with van der Waals surface area (Å²) in [6, 6.07) is 8.36. The number of carbonyl (C=O) groups excluding carboxylic acids is 1. The summed E-state index contributed by atoms with van der Waals surface area (Å²) in [7, 11) is 0. The topological polar surface area (TPSA) is 66.4 Å². The van der Waals surface area contributed by atoms with Crippen LogP contribution in [0.2, 0.25) is 0 Å². The fourth-order valence-electron chi connectivity index (χ4n) is 2.72. The van der Waals surface area contributed by atoms with Crippen LogP contribution in [0.15, 0.2) is 35.7 Å². The fraction of sp³-hybridized carbons (Fsp3) is 0.250. The molecule has 0 radical (unpaired) electrons. The van der Waals surface area contributed by atoms with Gasteiger partial charge in [-0.25, -0.2) is 4.79 Å². The first-order valence-electron chi connectivity index (χ1n) is 6.85. The molecule has 0 bridgehead atoms. The van der Waals surface area contributed by atoms with Crippen LogP contribution in [-0.2, 0) is 11.2 Å². The lowest BCUT2D eigenvalue weighted by molar-refractivity contribution is -0.117. The molecule has 1 unspecified atom stereocenters. The van der Waals surface area contributed by atoms with Crippen LogP contribution in [0.1, 0.15) is 39.6 Å². The average Bonchev–Trinajstić information content (AvgIpc) is 2.95. The SMILES string of the molecule is O=C(O)c1cccc(NC(=O)C2CCCc3sccc32)c1. The van der Waals surface area contributed by atoms with E-state index in [0.29, 0.717) is 5.69 Å². The Bertz CT molecular complexity index is 692. The van der Waals surface area contributed by atoms with E-state index in [0.717, 1.165) is 24.8 Å². The van der Waals surface area contributed by atoms with Gasteiger partial charge in [0.05, 0.1) is 11.5 Å². The largest absolute Gasteiger partial charge is 0.478 e. The van der Waals surface area contributed by atoms with Crippen LogP contribution < -0.4 is 5.32 Å². The maximum Gasteiger partial charge on any atom is 0.335 e. The van der Waals surface area contributed by atoms with E-state index in [4.69, 9.17) is 5.11 Å². The summed E-state index contributed by atoms with van der Waals surface area (Å²) in [6.45, 7) is 0. The minimum Gasteiger partial charge on any atom is -0.478 e. The normalized spacial score (nSPS) is 17.0. The molecule has 1 aromatic carbocycles. The third kappa shape index (κ3) is 2.83. The average molecular weight is 301 g/mol. The summed E-state index contributed by atoms with van der Waals surface area (Å²) in [5, 5.41) is 13.9. The Hall–Kier alpha value is -2.14. The van der Waals surface area contributed by atoms with E-state index in [9.17, 15) is 9.59 Å². The number of anilines is 1. The number of hydrogen-bond donors (Lipinski definition) is 2. The monoisotopic (exact) mass is 301 g/mol. The molecule has 108 valence electrons. The molecular weight excluding hydrogens is 286 g/mol. The maximum absolute atomic E-state index is 12.5. The van der Waals surface area contributed by atoms with Crippen molar-refractivity contribution >= 4 is 28.9 Å². The summed E-state index contributed by atoms with van der Waals surface area (Å²) >= 11 is 1.70. The Kier molecular flexibility index (Phi) is 3.75. The lowest BCUT2D eigenvalue weighted by Gasteiger charge is -2.21. The van der Waals surface area contributed by atoms with Gasteiger partial charge in [-0.1, -0.05) is 6.07 Å². The minimum atomic E-state index is -0.996. The van der Waals surface area contributed by atoms with Gasteiger partial charge in [0.15, 0.2) is 0 Å². The number of rotatable bonds is 3. The summed E-state index contributed by atoms with van der Waals surface area (Å²) in [5.74, 6) is -1.19. The summed E-state index contributed by atoms with van der Waals surface area (Å²) in [5.41, 5.74) is 1.83. The Labute approximate surface area is 126 Å². The van der Waals surface area contributed by atoms with Crippen molar-refractivity contribution in [3.8, 4) is 0 Å². The van der Waals surface area contributed by atoms with E-state index >= 15 is 0 Å². The number of carboxylic acid groups (broad SMARTS) is 1. The molecule has 2 N–H and O–H groups in total. The molecule has 0 fully saturated rings. The highest BCUT2D eigenvalue weighted by Crippen LogP contribution is 2.35. The summed E-state index contributed by atoms with van der Waals surface area (Å²) in [4.78, 5) is 24.7. The van der Waals surface area contributed by atoms with E-state index in [2.05, 4.69) is 5.32 Å². The van der Waals surface area contributed by atoms with Gasteiger partial charge < -0.3 is 10.4 Å². The van der Waals surface area contributed by atoms with Gasteiger partial charge in [-0.05, 0) is 54.5 Å². The number of thiophene rings is 1. The van der Waals surface area contributed by atoms with Crippen molar-refractivity contribution < 1.29 is 14.7 Å². The second-order valence-electron chi connectivity index (χ2n) is 5.12. The molecule has 1 heterocycles. The Balaban J connectivity index is 1.79. The zero-order valence-corrected chi connectivity index (χ0v) is 12.2. The first-order valence-corrected chi connectivity index (χ1v) is 7.73. The first kappa shape index (κ1) is 13.8. The second-order valence-corrected chi connectivity index (χ2v) is 6.12. The molecule has 1 amide bonds. The lowest BCUT2D eigenvalue weighted by Crippen LogP contribution is -2.23. The van der Waals surface area contributed by atoms with Crippen LogP contribution in [0.25, 0.3) is 0 Å². The van der Waals surface area contributed by atoms with Gasteiger partial charge >= 0.3 is 5.97 Å². The standard InChI is InChI=1S/C16H15NO3S/c18-15(13-5-2-6-14-12(13)7-8-21-14)17-11-4-1-3-10(9-11)16(19)20/h1,3-4,7-9,13H,2,5-6H2,(H,17,18)(H,19,20). The summed E-state index contributed by atoms with van der Waals surface area (Å²) < 4.78 is 0. The third-order valence-electron chi connectivity index (χ3n) is 3.75. The van der Waals surface area contributed by atoms with Crippen LogP contribution >= 0.6 is 11.3 Å². The van der Waals surface area contributed by atoms with Gasteiger partial charge in [0.2, 0.25) is 5.91 Å². The Morgan fingerprint density at radius 2 is 2.14 bits per heavy atom. The number of amides is 1. The van der Waals surface area contributed by atoms with Crippen LogP contribution in [-0.4, -0.2) is 17.0 Å². The molecule has 4 nitrogen and oxygen atoms in total. The summed E-state index contributed by atoms with van der Waals surface area (Å²) in [6.07, 6.45) is 2.90. The van der Waals surface area contributed by atoms with Crippen LogP contribution in [0, 0.1) is 0 Å². The van der Waals surface area contributed by atoms with Crippen molar-refractivity contribution in [2.24, 2.45) is 0 Å². The van der Waals surface area contributed by atoms with E-state index in [1.54, 1.807) is 23.5 Å². The predicted molar refractivity (Wildman–Crippen MR) is 82.0 cm³/mol. The highest BCUT2D eigenvalue weighted by molar-refractivity contribution is 7.10. The number of aryl methyl sites for hydroxylation is 1. The van der Waals surface area contributed by atoms with E-state index in [-0.39, 0.29) is 17.4 Å². The van der Waals surface area contributed by atoms with Gasteiger partial charge in [-0.2, -0.15) is 0 Å². The number of carbonyl (C=O) groups is 2. The number of hydrogen-bond acceptors (Lipinski definition) is 3. The zero-order valence-electron chi connectivity index (χ0n) is 11.3. The van der Waals surface area contributed by atoms with Gasteiger partial charge in [0, 0.05) is 10.6 Å². The number of aromatic carboxylic acids is 1. The van der Waals surface area contributed by atoms with E-state index in [1.165, 1.54) is 17.0 Å². The zero-order chi connectivity index (χ0) is 14.8. The highest BCUT2D eigenvalue weighted by Gasteiger charge is 2.27. The van der Waals surface area contributed by atoms with Crippen LogP contribution in [0.5, 0.6) is 0 Å². The van der Waals surface area contributed by atoms with E-state index in [1.807, 2.05) is 11.4 Å². The molecule has 3 rings (SSSR count). The molecule has 0 saturated heterocycles. The Morgan fingerprint density at radius 1 is 1.29 bits per heavy atom. The molecular formula is C16H15NO3S. The van der Waals surface area contributed by atoms with Crippen molar-refractivity contribution in [3.05, 3.63) is 51.7 Å². The maximum atomic E-state index is 12.5. The van der Waals surface area contributed by atoms with Crippen molar-refractivity contribution in [2.75, 3.05) is 5.32 Å². The molecule has 1 aliphatic rings. The fourth-order valence-corrected chi connectivity index (χ4v) is 3.71. The van der Waals surface area contributed by atoms with Crippen molar-refractivity contribution in [1.82, 2.24) is 0 Å². The van der Waals surface area contributed by atoms with E-state index < -0.39 is 5.97 Å². The number of fused-ring (bicyclic) bond motifs is 1. The molecule has 5 heteroatoms. The minimum absolute atomic E-state index is 0.0584. The quantitative estimate of drug-likeness (QED) is 0.911. The van der Waals surface area contributed by atoms with Crippen molar-refractivity contribution in [2.45, 2.75) is 25.2 Å². The van der Waals surface area contributed by atoms with Gasteiger partial charge in [-0.3, -0.25) is 4.79 Å². The molecule has 2 aromatic rings. The predicted octanol–water partition coefficient (Wildman–Crippen LogP) is 3.50. The smallest absolute Gasteiger partial charge is 0.335 e.